The number of aromatic nitrogens is 2. The monoisotopic (exact) mass is 489 g/mol. The largest absolute Gasteiger partial charge is 0.416 e. The summed E-state index contributed by atoms with van der Waals surface area (Å²) in [7, 11) is 0. The first-order valence-corrected chi connectivity index (χ1v) is 12.4. The first kappa shape index (κ1) is 23.8. The lowest BCUT2D eigenvalue weighted by Crippen LogP contribution is -2.48. The number of hydrogen-bond acceptors (Lipinski definition) is 4. The van der Waals surface area contributed by atoms with E-state index in [4.69, 9.17) is 0 Å². The quantitative estimate of drug-likeness (QED) is 0.658. The van der Waals surface area contributed by atoms with E-state index < -0.39 is 11.7 Å². The molecular formula is C25H30F3N5O2. The van der Waals surface area contributed by atoms with Crippen LogP contribution in [0.3, 0.4) is 0 Å². The number of carbonyl (C=O) groups excluding carboxylic acids is 2. The Kier molecular flexibility index (Phi) is 6.57. The maximum Gasteiger partial charge on any atom is 0.416 e. The Bertz CT molecular complexity index is 1070. The van der Waals surface area contributed by atoms with Crippen LogP contribution in [0.25, 0.3) is 0 Å². The summed E-state index contributed by atoms with van der Waals surface area (Å²) in [6, 6.07) is 6.93. The minimum atomic E-state index is -4.39. The molecule has 35 heavy (non-hydrogen) atoms. The third-order valence-electron chi connectivity index (χ3n) is 7.40. The van der Waals surface area contributed by atoms with Crippen LogP contribution in [0, 0.1) is 0 Å². The standard InChI is InChI=1S/C25H30F3N5O2/c26-25(27,28)19-6-4-18(5-7-19)17-32-14-15-33-22(24(32)35)16-21(29-33)23(34)31-12-8-20(9-13-31)30-10-2-1-3-11-30/h4-7,16,20H,1-3,8-15,17H2. The summed E-state index contributed by atoms with van der Waals surface area (Å²) in [4.78, 5) is 32.1. The van der Waals surface area contributed by atoms with E-state index in [0.717, 1.165) is 38.1 Å². The van der Waals surface area contributed by atoms with Crippen molar-refractivity contribution in [3.05, 3.63) is 52.8 Å². The number of benzene rings is 1. The Morgan fingerprint density at radius 2 is 1.63 bits per heavy atom. The third kappa shape index (κ3) is 5.07. The SMILES string of the molecule is O=C(c1cc2n(n1)CCN(Cc1ccc(C(F)(F)F)cc1)C2=O)N1CCC(N2CCCCC2)CC1. The fourth-order valence-corrected chi connectivity index (χ4v) is 5.39. The van der Waals surface area contributed by atoms with E-state index in [2.05, 4.69) is 10.00 Å². The highest BCUT2D eigenvalue weighted by atomic mass is 19.4. The molecule has 2 fully saturated rings. The van der Waals surface area contributed by atoms with Crippen LogP contribution < -0.4 is 0 Å². The molecule has 0 unspecified atom stereocenters. The Hall–Kier alpha value is -2.88. The van der Waals surface area contributed by atoms with Gasteiger partial charge in [0, 0.05) is 38.3 Å². The molecule has 0 atom stereocenters. The molecule has 10 heteroatoms. The van der Waals surface area contributed by atoms with Gasteiger partial charge in [-0.2, -0.15) is 18.3 Å². The van der Waals surface area contributed by atoms with Crippen LogP contribution in [0.5, 0.6) is 0 Å². The third-order valence-corrected chi connectivity index (χ3v) is 7.40. The van der Waals surface area contributed by atoms with Crippen molar-refractivity contribution >= 4 is 11.8 Å². The summed E-state index contributed by atoms with van der Waals surface area (Å²) in [5, 5.41) is 4.41. The molecule has 2 amide bonds. The van der Waals surface area contributed by atoms with Crippen LogP contribution >= 0.6 is 0 Å². The number of alkyl halides is 3. The first-order valence-electron chi connectivity index (χ1n) is 12.4. The summed E-state index contributed by atoms with van der Waals surface area (Å²) >= 11 is 0. The molecule has 3 aliphatic rings. The second-order valence-corrected chi connectivity index (χ2v) is 9.68. The van der Waals surface area contributed by atoms with Crippen molar-refractivity contribution in [3.8, 4) is 0 Å². The molecule has 2 aromatic rings. The maximum absolute atomic E-state index is 13.1. The molecule has 0 saturated carbocycles. The normalized spacial score (nSPS) is 20.3. The fourth-order valence-electron chi connectivity index (χ4n) is 5.39. The number of carbonyl (C=O) groups is 2. The zero-order valence-electron chi connectivity index (χ0n) is 19.6. The van der Waals surface area contributed by atoms with E-state index in [-0.39, 0.29) is 24.1 Å². The van der Waals surface area contributed by atoms with E-state index in [1.54, 1.807) is 15.6 Å². The molecule has 0 spiro atoms. The van der Waals surface area contributed by atoms with Gasteiger partial charge in [0.15, 0.2) is 5.69 Å². The Morgan fingerprint density at radius 3 is 2.29 bits per heavy atom. The predicted molar refractivity (Wildman–Crippen MR) is 123 cm³/mol. The highest BCUT2D eigenvalue weighted by molar-refractivity contribution is 5.98. The molecule has 1 aromatic heterocycles. The summed E-state index contributed by atoms with van der Waals surface area (Å²) < 4.78 is 40.0. The van der Waals surface area contributed by atoms with Gasteiger partial charge in [-0.05, 0) is 56.5 Å². The van der Waals surface area contributed by atoms with Gasteiger partial charge in [-0.3, -0.25) is 14.3 Å². The number of halogens is 3. The summed E-state index contributed by atoms with van der Waals surface area (Å²) in [6.45, 7) is 4.70. The van der Waals surface area contributed by atoms with Crippen molar-refractivity contribution in [2.24, 2.45) is 0 Å². The van der Waals surface area contributed by atoms with Gasteiger partial charge < -0.3 is 14.7 Å². The fraction of sp³-hybridized carbons (Fsp3) is 0.560. The van der Waals surface area contributed by atoms with Gasteiger partial charge in [-0.25, -0.2) is 0 Å². The Morgan fingerprint density at radius 1 is 0.943 bits per heavy atom. The first-order chi connectivity index (χ1) is 16.8. The van der Waals surface area contributed by atoms with E-state index in [9.17, 15) is 22.8 Å². The van der Waals surface area contributed by atoms with Gasteiger partial charge in [0.1, 0.15) is 5.69 Å². The average molecular weight is 490 g/mol. The number of rotatable bonds is 4. The summed E-state index contributed by atoms with van der Waals surface area (Å²) in [6.07, 6.45) is 1.34. The van der Waals surface area contributed by atoms with Crippen LogP contribution in [-0.4, -0.2) is 75.1 Å². The Balaban J connectivity index is 1.20. The molecule has 188 valence electrons. The van der Waals surface area contributed by atoms with Crippen LogP contribution in [-0.2, 0) is 19.3 Å². The van der Waals surface area contributed by atoms with Crippen LogP contribution in [0.2, 0.25) is 0 Å². The van der Waals surface area contributed by atoms with Gasteiger partial charge in [-0.15, -0.1) is 0 Å². The molecule has 0 bridgehead atoms. The molecule has 2 saturated heterocycles. The van der Waals surface area contributed by atoms with Crippen molar-refractivity contribution in [2.75, 3.05) is 32.7 Å². The molecule has 4 heterocycles. The second kappa shape index (κ2) is 9.64. The van der Waals surface area contributed by atoms with Gasteiger partial charge in [0.25, 0.3) is 11.8 Å². The van der Waals surface area contributed by atoms with E-state index in [1.165, 1.54) is 31.4 Å². The van der Waals surface area contributed by atoms with E-state index in [1.807, 2.05) is 4.90 Å². The summed E-state index contributed by atoms with van der Waals surface area (Å²) in [5.74, 6) is -0.419. The number of hydrogen-bond donors (Lipinski definition) is 0. The van der Waals surface area contributed by atoms with Gasteiger partial charge in [-0.1, -0.05) is 18.6 Å². The predicted octanol–water partition coefficient (Wildman–Crippen LogP) is 3.65. The van der Waals surface area contributed by atoms with Crippen molar-refractivity contribution in [2.45, 2.75) is 57.4 Å². The van der Waals surface area contributed by atoms with Crippen LogP contribution in [0.15, 0.2) is 30.3 Å². The molecule has 3 aliphatic heterocycles. The number of likely N-dealkylation sites (tertiary alicyclic amines) is 2. The number of amides is 2. The summed E-state index contributed by atoms with van der Waals surface area (Å²) in [5.41, 5.74) is 0.524. The highest BCUT2D eigenvalue weighted by Crippen LogP contribution is 2.29. The van der Waals surface area contributed by atoms with Crippen molar-refractivity contribution < 1.29 is 22.8 Å². The number of fused-ring (bicyclic) bond motifs is 1. The molecular weight excluding hydrogens is 459 g/mol. The number of nitrogens with zero attached hydrogens (tertiary/aromatic N) is 5. The minimum Gasteiger partial charge on any atom is -0.337 e. The van der Waals surface area contributed by atoms with Gasteiger partial charge in [0.05, 0.1) is 12.1 Å². The minimum absolute atomic E-state index is 0.147. The van der Waals surface area contributed by atoms with E-state index in [0.29, 0.717) is 43.5 Å². The molecule has 0 N–H and O–H groups in total. The van der Waals surface area contributed by atoms with Crippen LogP contribution in [0.1, 0.15) is 64.2 Å². The van der Waals surface area contributed by atoms with Crippen LogP contribution in [0.4, 0.5) is 13.2 Å². The zero-order chi connectivity index (χ0) is 24.6. The van der Waals surface area contributed by atoms with Crippen molar-refractivity contribution in [3.63, 3.8) is 0 Å². The van der Waals surface area contributed by atoms with Gasteiger partial charge in [0.2, 0.25) is 0 Å². The highest BCUT2D eigenvalue weighted by Gasteiger charge is 2.33. The molecule has 1 aromatic carbocycles. The van der Waals surface area contributed by atoms with Crippen molar-refractivity contribution in [1.29, 1.82) is 0 Å². The molecule has 5 rings (SSSR count). The lowest BCUT2D eigenvalue weighted by atomic mass is 9.99. The Labute approximate surface area is 202 Å². The maximum atomic E-state index is 13.1. The average Bonchev–Trinajstić information content (AvgIpc) is 3.31. The topological polar surface area (TPSA) is 61.7 Å². The molecule has 0 aliphatic carbocycles. The zero-order valence-corrected chi connectivity index (χ0v) is 19.6. The number of piperidine rings is 2. The lowest BCUT2D eigenvalue weighted by molar-refractivity contribution is -0.137. The molecule has 0 radical (unpaired) electrons. The second-order valence-electron chi connectivity index (χ2n) is 9.68. The lowest BCUT2D eigenvalue weighted by Gasteiger charge is -2.40. The molecule has 7 nitrogen and oxygen atoms in total. The van der Waals surface area contributed by atoms with Crippen molar-refractivity contribution in [1.82, 2.24) is 24.5 Å². The van der Waals surface area contributed by atoms with Gasteiger partial charge >= 0.3 is 6.18 Å². The smallest absolute Gasteiger partial charge is 0.337 e. The van der Waals surface area contributed by atoms with E-state index >= 15 is 0 Å².